The molecule has 2 bridgehead atoms. The number of hydrogen-bond donors (Lipinski definition) is 0. The minimum absolute atomic E-state index is 0.0558. The number of fused-ring (bicyclic) bond motifs is 2. The predicted octanol–water partition coefficient (Wildman–Crippen LogP) is 3.07. The first kappa shape index (κ1) is 14.2. The number of rotatable bonds is 4. The lowest BCUT2D eigenvalue weighted by molar-refractivity contribution is 0.0991. The Morgan fingerprint density at radius 3 is 3.14 bits per heavy atom. The molecule has 2 aliphatic rings. The van der Waals surface area contributed by atoms with Crippen molar-refractivity contribution in [3.8, 4) is 0 Å². The Morgan fingerprint density at radius 1 is 1.50 bits per heavy atom. The molecule has 1 aromatic heterocycles. The number of benzene rings is 1. The van der Waals surface area contributed by atoms with Crippen molar-refractivity contribution in [2.24, 2.45) is 0 Å². The molecule has 0 amide bonds. The fourth-order valence-corrected chi connectivity index (χ4v) is 4.46. The number of thioether (sulfide) groups is 1. The molecule has 22 heavy (non-hydrogen) atoms. The van der Waals surface area contributed by atoms with E-state index in [1.54, 1.807) is 18.0 Å². The highest BCUT2D eigenvalue weighted by molar-refractivity contribution is 7.98. The second-order valence-corrected chi connectivity index (χ2v) is 7.45. The van der Waals surface area contributed by atoms with Crippen LogP contribution >= 0.6 is 23.1 Å². The zero-order valence-electron chi connectivity index (χ0n) is 12.2. The highest BCUT2D eigenvalue weighted by Gasteiger charge is 2.40. The SMILES string of the molecule is CSc1cccc(C(=O)c2cnc(N3CC4CC3CO4)s2)c1. The van der Waals surface area contributed by atoms with E-state index in [0.717, 1.165) is 35.2 Å². The zero-order chi connectivity index (χ0) is 15.1. The van der Waals surface area contributed by atoms with Gasteiger partial charge in [-0.2, -0.15) is 0 Å². The number of carbonyl (C=O) groups is 1. The van der Waals surface area contributed by atoms with Crippen molar-refractivity contribution in [2.45, 2.75) is 23.5 Å². The molecule has 0 spiro atoms. The van der Waals surface area contributed by atoms with E-state index in [-0.39, 0.29) is 5.78 Å². The van der Waals surface area contributed by atoms with Crippen molar-refractivity contribution in [1.29, 1.82) is 0 Å². The Kier molecular flexibility index (Phi) is 3.68. The molecule has 114 valence electrons. The second kappa shape index (κ2) is 5.68. The maximum Gasteiger partial charge on any atom is 0.204 e. The lowest BCUT2D eigenvalue weighted by atomic mass is 10.1. The van der Waals surface area contributed by atoms with Crippen molar-refractivity contribution < 1.29 is 9.53 Å². The molecule has 6 heteroatoms. The molecule has 2 aliphatic heterocycles. The number of carbonyl (C=O) groups excluding carboxylic acids is 1. The largest absolute Gasteiger partial charge is 0.374 e. The molecule has 2 aromatic rings. The third-order valence-corrected chi connectivity index (χ3v) is 5.95. The standard InChI is InChI=1S/C16H16N2O2S2/c1-21-13-4-2-3-10(5-13)15(19)14-7-17-16(22-14)18-8-12-6-11(18)9-20-12/h2-5,7,11-12H,6,8-9H2,1H3. The van der Waals surface area contributed by atoms with Gasteiger partial charge in [0.2, 0.25) is 5.78 Å². The molecule has 0 aliphatic carbocycles. The van der Waals surface area contributed by atoms with Crippen LogP contribution in [0.5, 0.6) is 0 Å². The molecule has 2 unspecified atom stereocenters. The van der Waals surface area contributed by atoms with E-state index in [4.69, 9.17) is 4.74 Å². The Morgan fingerprint density at radius 2 is 2.41 bits per heavy atom. The van der Waals surface area contributed by atoms with Gasteiger partial charge in [-0.3, -0.25) is 4.79 Å². The average Bonchev–Trinajstić information content (AvgIpc) is 3.29. The first-order valence-corrected chi connectivity index (χ1v) is 9.31. The summed E-state index contributed by atoms with van der Waals surface area (Å²) in [6.45, 7) is 1.68. The summed E-state index contributed by atoms with van der Waals surface area (Å²) in [7, 11) is 0. The molecule has 2 atom stereocenters. The first-order chi connectivity index (χ1) is 10.7. The van der Waals surface area contributed by atoms with E-state index >= 15 is 0 Å². The normalized spacial score (nSPS) is 23.2. The fourth-order valence-electron chi connectivity index (χ4n) is 3.04. The lowest BCUT2D eigenvalue weighted by Crippen LogP contribution is -2.36. The van der Waals surface area contributed by atoms with Crippen LogP contribution in [0.1, 0.15) is 21.7 Å². The molecule has 0 saturated carbocycles. The van der Waals surface area contributed by atoms with Gasteiger partial charge in [-0.25, -0.2) is 4.98 Å². The molecule has 0 radical (unpaired) electrons. The summed E-state index contributed by atoms with van der Waals surface area (Å²) < 4.78 is 5.62. The van der Waals surface area contributed by atoms with E-state index < -0.39 is 0 Å². The van der Waals surface area contributed by atoms with Crippen molar-refractivity contribution in [2.75, 3.05) is 24.3 Å². The average molecular weight is 332 g/mol. The van der Waals surface area contributed by atoms with E-state index in [0.29, 0.717) is 17.0 Å². The molecule has 4 nitrogen and oxygen atoms in total. The topological polar surface area (TPSA) is 42.4 Å². The van der Waals surface area contributed by atoms with E-state index in [1.807, 2.05) is 30.5 Å². The van der Waals surface area contributed by atoms with E-state index in [1.165, 1.54) is 11.3 Å². The highest BCUT2D eigenvalue weighted by Crippen LogP contribution is 2.35. The van der Waals surface area contributed by atoms with E-state index in [2.05, 4.69) is 9.88 Å². The van der Waals surface area contributed by atoms with Gasteiger partial charge in [0.15, 0.2) is 5.13 Å². The van der Waals surface area contributed by atoms with Crippen LogP contribution in [0, 0.1) is 0 Å². The van der Waals surface area contributed by atoms with Crippen LogP contribution < -0.4 is 4.90 Å². The van der Waals surface area contributed by atoms with Crippen molar-refractivity contribution in [3.05, 3.63) is 40.9 Å². The van der Waals surface area contributed by atoms with Gasteiger partial charge in [-0.15, -0.1) is 11.8 Å². The Bertz CT molecular complexity index is 716. The van der Waals surface area contributed by atoms with E-state index in [9.17, 15) is 4.79 Å². The molecule has 3 heterocycles. The predicted molar refractivity (Wildman–Crippen MR) is 89.3 cm³/mol. The maximum absolute atomic E-state index is 12.6. The monoisotopic (exact) mass is 332 g/mol. The Balaban J connectivity index is 1.57. The van der Waals surface area contributed by atoms with Crippen LogP contribution in [0.4, 0.5) is 5.13 Å². The number of anilines is 1. The number of aromatic nitrogens is 1. The quantitative estimate of drug-likeness (QED) is 0.636. The molecule has 0 N–H and O–H groups in total. The number of ketones is 1. The molecular weight excluding hydrogens is 316 g/mol. The molecular formula is C16H16N2O2S2. The number of thiazole rings is 1. The summed E-state index contributed by atoms with van der Waals surface area (Å²) in [5.41, 5.74) is 0.730. The van der Waals surface area contributed by atoms with Gasteiger partial charge in [0.25, 0.3) is 0 Å². The molecule has 2 saturated heterocycles. The van der Waals surface area contributed by atoms with Gasteiger partial charge in [0.05, 0.1) is 29.8 Å². The van der Waals surface area contributed by atoms with Gasteiger partial charge in [-0.1, -0.05) is 23.5 Å². The smallest absolute Gasteiger partial charge is 0.204 e. The molecule has 1 aromatic carbocycles. The fraction of sp³-hybridized carbons (Fsp3) is 0.375. The first-order valence-electron chi connectivity index (χ1n) is 7.27. The summed E-state index contributed by atoms with van der Waals surface area (Å²) in [5.74, 6) is 0.0558. The summed E-state index contributed by atoms with van der Waals surface area (Å²) in [6, 6.07) is 8.18. The Labute approximate surface area is 137 Å². The van der Waals surface area contributed by atoms with Crippen molar-refractivity contribution in [3.63, 3.8) is 0 Å². The van der Waals surface area contributed by atoms with Gasteiger partial charge in [0.1, 0.15) is 0 Å². The minimum atomic E-state index is 0.0558. The van der Waals surface area contributed by atoms with Crippen LogP contribution in [0.15, 0.2) is 35.4 Å². The van der Waals surface area contributed by atoms with Crippen LogP contribution in [-0.4, -0.2) is 42.3 Å². The third kappa shape index (κ3) is 2.45. The van der Waals surface area contributed by atoms with Gasteiger partial charge in [-0.05, 0) is 24.8 Å². The van der Waals surface area contributed by atoms with Crippen LogP contribution in [0.2, 0.25) is 0 Å². The molecule has 4 rings (SSSR count). The van der Waals surface area contributed by atoms with Gasteiger partial charge < -0.3 is 9.64 Å². The van der Waals surface area contributed by atoms with Gasteiger partial charge >= 0.3 is 0 Å². The maximum atomic E-state index is 12.6. The molecule has 2 fully saturated rings. The lowest BCUT2D eigenvalue weighted by Gasteiger charge is -2.25. The second-order valence-electron chi connectivity index (χ2n) is 5.57. The van der Waals surface area contributed by atoms with Crippen LogP contribution in [-0.2, 0) is 4.74 Å². The Hall–Kier alpha value is -1.37. The number of morpholine rings is 1. The summed E-state index contributed by atoms with van der Waals surface area (Å²) >= 11 is 3.13. The van der Waals surface area contributed by atoms with Crippen LogP contribution in [0.3, 0.4) is 0 Å². The minimum Gasteiger partial charge on any atom is -0.374 e. The highest BCUT2D eigenvalue weighted by atomic mass is 32.2. The number of hydrogen-bond acceptors (Lipinski definition) is 6. The third-order valence-electron chi connectivity index (χ3n) is 4.20. The summed E-state index contributed by atoms with van der Waals surface area (Å²) in [6.07, 6.45) is 5.14. The number of ether oxygens (including phenoxy) is 1. The summed E-state index contributed by atoms with van der Waals surface area (Å²) in [4.78, 5) is 21.2. The van der Waals surface area contributed by atoms with Crippen molar-refractivity contribution >= 4 is 34.0 Å². The number of nitrogens with zero attached hydrogens (tertiary/aromatic N) is 2. The zero-order valence-corrected chi connectivity index (χ0v) is 13.8. The van der Waals surface area contributed by atoms with Gasteiger partial charge in [0, 0.05) is 17.0 Å². The van der Waals surface area contributed by atoms with Crippen LogP contribution in [0.25, 0.3) is 0 Å². The summed E-state index contributed by atoms with van der Waals surface area (Å²) in [5, 5.41) is 0.945. The van der Waals surface area contributed by atoms with Crippen molar-refractivity contribution in [1.82, 2.24) is 4.98 Å².